The van der Waals surface area contributed by atoms with E-state index in [1.807, 2.05) is 0 Å². The zero-order chi connectivity index (χ0) is 20.4. The van der Waals surface area contributed by atoms with Crippen LogP contribution in [-0.2, 0) is 6.54 Å². The van der Waals surface area contributed by atoms with Crippen LogP contribution in [0.5, 0.6) is 5.75 Å². The summed E-state index contributed by atoms with van der Waals surface area (Å²) >= 11 is 0. The van der Waals surface area contributed by atoms with Crippen molar-refractivity contribution in [1.29, 1.82) is 0 Å². The first-order valence-electron chi connectivity index (χ1n) is 8.77. The van der Waals surface area contributed by atoms with E-state index in [1.165, 1.54) is 64.2 Å². The molecule has 2 heterocycles. The molecule has 0 saturated heterocycles. The van der Waals surface area contributed by atoms with Crippen LogP contribution in [0.4, 0.5) is 8.78 Å². The fourth-order valence-corrected chi connectivity index (χ4v) is 2.88. The molecule has 0 aliphatic heterocycles. The third-order valence-electron chi connectivity index (χ3n) is 4.30. The molecule has 4 rings (SSSR count). The van der Waals surface area contributed by atoms with Gasteiger partial charge in [-0.1, -0.05) is 12.1 Å². The molecule has 1 unspecified atom stereocenters. The Morgan fingerprint density at radius 3 is 2.62 bits per heavy atom. The Morgan fingerprint density at radius 1 is 1.10 bits per heavy atom. The standard InChI is InChI=1S/C20H16F2N4O3/c21-13-5-7-14(8-6-13)26-19-16(9-24-26)20(28)25(12-23-19)10-15(27)11-29-18-4-2-1-3-17(18)22/h1-9,12,15,27H,10-11H2. The maximum absolute atomic E-state index is 13.6. The highest BCUT2D eigenvalue weighted by atomic mass is 19.1. The molecule has 29 heavy (non-hydrogen) atoms. The van der Waals surface area contributed by atoms with Gasteiger partial charge in [0, 0.05) is 0 Å². The molecular formula is C20H16F2N4O3. The Labute approximate surface area is 163 Å². The average molecular weight is 398 g/mol. The van der Waals surface area contributed by atoms with Crippen molar-refractivity contribution in [2.45, 2.75) is 12.6 Å². The molecule has 2 aromatic heterocycles. The molecule has 0 bridgehead atoms. The summed E-state index contributed by atoms with van der Waals surface area (Å²) in [6.45, 7) is -0.280. The van der Waals surface area contributed by atoms with Crippen LogP contribution in [0.1, 0.15) is 0 Å². The molecule has 7 nitrogen and oxygen atoms in total. The lowest BCUT2D eigenvalue weighted by molar-refractivity contribution is 0.0895. The predicted octanol–water partition coefficient (Wildman–Crippen LogP) is 2.30. The van der Waals surface area contributed by atoms with Crippen LogP contribution in [-0.4, -0.2) is 37.1 Å². The Hall–Kier alpha value is -3.59. The fourth-order valence-electron chi connectivity index (χ4n) is 2.88. The second-order valence-corrected chi connectivity index (χ2v) is 6.37. The second kappa shape index (κ2) is 7.80. The van der Waals surface area contributed by atoms with Crippen molar-refractivity contribution in [2.75, 3.05) is 6.61 Å². The van der Waals surface area contributed by atoms with Crippen LogP contribution in [0.3, 0.4) is 0 Å². The molecule has 0 saturated carbocycles. The van der Waals surface area contributed by atoms with E-state index in [2.05, 4.69) is 10.1 Å². The van der Waals surface area contributed by atoms with E-state index in [0.717, 1.165) is 0 Å². The van der Waals surface area contributed by atoms with E-state index in [4.69, 9.17) is 4.74 Å². The summed E-state index contributed by atoms with van der Waals surface area (Å²) < 4.78 is 34.6. The molecule has 2 aromatic carbocycles. The number of hydrogen-bond acceptors (Lipinski definition) is 5. The van der Waals surface area contributed by atoms with Crippen molar-refractivity contribution in [3.8, 4) is 11.4 Å². The van der Waals surface area contributed by atoms with Crippen molar-refractivity contribution in [3.63, 3.8) is 0 Å². The third-order valence-corrected chi connectivity index (χ3v) is 4.30. The molecule has 9 heteroatoms. The number of aliphatic hydroxyl groups excluding tert-OH is 1. The summed E-state index contributed by atoms with van der Waals surface area (Å²) in [5, 5.41) is 14.6. The van der Waals surface area contributed by atoms with Crippen molar-refractivity contribution in [1.82, 2.24) is 19.3 Å². The highest BCUT2D eigenvalue weighted by Crippen LogP contribution is 2.16. The summed E-state index contributed by atoms with van der Waals surface area (Å²) in [5.41, 5.74) is 0.479. The zero-order valence-corrected chi connectivity index (χ0v) is 15.1. The SMILES string of the molecule is O=c1c2cnn(-c3ccc(F)cc3)c2ncn1CC(O)COc1ccccc1F. The number of para-hydroxylation sites is 1. The van der Waals surface area contributed by atoms with Gasteiger partial charge in [-0.25, -0.2) is 18.4 Å². The first kappa shape index (κ1) is 18.8. The van der Waals surface area contributed by atoms with Gasteiger partial charge in [-0.2, -0.15) is 5.10 Å². The minimum absolute atomic E-state index is 0.0213. The molecule has 0 spiro atoms. The van der Waals surface area contributed by atoms with Crippen LogP contribution in [0.2, 0.25) is 0 Å². The minimum Gasteiger partial charge on any atom is -0.488 e. The van der Waals surface area contributed by atoms with Gasteiger partial charge in [-0.15, -0.1) is 0 Å². The van der Waals surface area contributed by atoms with E-state index < -0.39 is 17.5 Å². The molecule has 0 amide bonds. The first-order chi connectivity index (χ1) is 14.0. The first-order valence-corrected chi connectivity index (χ1v) is 8.77. The van der Waals surface area contributed by atoms with Crippen LogP contribution in [0.25, 0.3) is 16.7 Å². The highest BCUT2D eigenvalue weighted by Gasteiger charge is 2.14. The number of hydrogen-bond donors (Lipinski definition) is 1. The lowest BCUT2D eigenvalue weighted by atomic mass is 10.3. The van der Waals surface area contributed by atoms with Gasteiger partial charge in [-0.3, -0.25) is 9.36 Å². The van der Waals surface area contributed by atoms with Crippen LogP contribution < -0.4 is 10.3 Å². The monoisotopic (exact) mass is 398 g/mol. The Kier molecular flexibility index (Phi) is 5.05. The Morgan fingerprint density at radius 2 is 1.86 bits per heavy atom. The summed E-state index contributed by atoms with van der Waals surface area (Å²) in [6.07, 6.45) is 1.60. The summed E-state index contributed by atoms with van der Waals surface area (Å²) in [7, 11) is 0. The maximum Gasteiger partial charge on any atom is 0.264 e. The van der Waals surface area contributed by atoms with Crippen LogP contribution >= 0.6 is 0 Å². The molecule has 0 aliphatic rings. The van der Waals surface area contributed by atoms with E-state index in [1.54, 1.807) is 6.07 Å². The van der Waals surface area contributed by atoms with E-state index in [-0.39, 0.29) is 30.1 Å². The zero-order valence-electron chi connectivity index (χ0n) is 15.1. The van der Waals surface area contributed by atoms with Gasteiger partial charge >= 0.3 is 0 Å². The number of ether oxygens (including phenoxy) is 1. The molecule has 1 N–H and O–H groups in total. The van der Waals surface area contributed by atoms with Crippen molar-refractivity contribution in [3.05, 3.63) is 83.0 Å². The average Bonchev–Trinajstić information content (AvgIpc) is 3.15. The van der Waals surface area contributed by atoms with Gasteiger partial charge in [0.15, 0.2) is 17.2 Å². The van der Waals surface area contributed by atoms with Crippen molar-refractivity contribution < 1.29 is 18.6 Å². The molecule has 0 aliphatic carbocycles. The number of rotatable bonds is 6. The lowest BCUT2D eigenvalue weighted by Crippen LogP contribution is -2.30. The maximum atomic E-state index is 13.6. The number of aromatic nitrogens is 4. The molecule has 148 valence electrons. The van der Waals surface area contributed by atoms with Gasteiger partial charge in [0.2, 0.25) is 0 Å². The number of benzene rings is 2. The van der Waals surface area contributed by atoms with Crippen LogP contribution in [0.15, 0.2) is 65.8 Å². The lowest BCUT2D eigenvalue weighted by Gasteiger charge is -2.14. The smallest absolute Gasteiger partial charge is 0.264 e. The molecule has 0 fully saturated rings. The van der Waals surface area contributed by atoms with Gasteiger partial charge in [0.05, 0.1) is 18.4 Å². The topological polar surface area (TPSA) is 82.2 Å². The Balaban J connectivity index is 1.53. The minimum atomic E-state index is -1.06. The number of aliphatic hydroxyl groups is 1. The van der Waals surface area contributed by atoms with Gasteiger partial charge in [-0.05, 0) is 36.4 Å². The second-order valence-electron chi connectivity index (χ2n) is 6.37. The molecule has 1 atom stereocenters. The number of fused-ring (bicyclic) bond motifs is 1. The van der Waals surface area contributed by atoms with E-state index in [0.29, 0.717) is 11.3 Å². The highest BCUT2D eigenvalue weighted by molar-refractivity contribution is 5.74. The third kappa shape index (κ3) is 3.85. The van der Waals surface area contributed by atoms with Crippen molar-refractivity contribution in [2.24, 2.45) is 0 Å². The molecule has 4 aromatic rings. The van der Waals surface area contributed by atoms with E-state index in [9.17, 15) is 18.7 Å². The van der Waals surface area contributed by atoms with Crippen LogP contribution in [0, 0.1) is 11.6 Å². The van der Waals surface area contributed by atoms with Gasteiger partial charge in [0.25, 0.3) is 5.56 Å². The summed E-state index contributed by atoms with van der Waals surface area (Å²) in [5.74, 6) is -0.895. The molecular weight excluding hydrogens is 382 g/mol. The number of nitrogens with zero attached hydrogens (tertiary/aromatic N) is 4. The number of halogens is 2. The van der Waals surface area contributed by atoms with Gasteiger partial charge in [0.1, 0.15) is 30.2 Å². The van der Waals surface area contributed by atoms with Crippen molar-refractivity contribution >= 4 is 11.0 Å². The largest absolute Gasteiger partial charge is 0.488 e. The summed E-state index contributed by atoms with van der Waals surface area (Å²) in [4.78, 5) is 16.9. The summed E-state index contributed by atoms with van der Waals surface area (Å²) in [6, 6.07) is 11.5. The quantitative estimate of drug-likeness (QED) is 0.539. The molecule has 0 radical (unpaired) electrons. The fraction of sp³-hybridized carbons (Fsp3) is 0.150. The van der Waals surface area contributed by atoms with E-state index >= 15 is 0 Å². The predicted molar refractivity (Wildman–Crippen MR) is 101 cm³/mol. The van der Waals surface area contributed by atoms with Gasteiger partial charge < -0.3 is 9.84 Å². The normalized spacial score (nSPS) is 12.2. The Bertz CT molecular complexity index is 1200.